The van der Waals surface area contributed by atoms with Gasteiger partial charge in [-0.2, -0.15) is 0 Å². The SMILES string of the molecule is S=c1cc(NC2CCCC2)[nH]cn1. The van der Waals surface area contributed by atoms with Crippen molar-refractivity contribution in [2.24, 2.45) is 0 Å². The molecule has 1 heterocycles. The number of hydrogen-bond donors (Lipinski definition) is 2. The fourth-order valence-electron chi connectivity index (χ4n) is 1.74. The third-order valence-corrected chi connectivity index (χ3v) is 2.62. The maximum Gasteiger partial charge on any atom is 0.131 e. The molecule has 0 bridgehead atoms. The van der Waals surface area contributed by atoms with Crippen molar-refractivity contribution >= 4 is 18.0 Å². The maximum atomic E-state index is 4.97. The van der Waals surface area contributed by atoms with E-state index >= 15 is 0 Å². The molecule has 3 nitrogen and oxygen atoms in total. The second-order valence-electron chi connectivity index (χ2n) is 3.42. The number of aromatic nitrogens is 2. The zero-order chi connectivity index (χ0) is 9.10. The Labute approximate surface area is 82.6 Å². The van der Waals surface area contributed by atoms with Crippen LogP contribution in [0.3, 0.4) is 0 Å². The summed E-state index contributed by atoms with van der Waals surface area (Å²) in [4.78, 5) is 6.98. The predicted molar refractivity (Wildman–Crippen MR) is 55.3 cm³/mol. The van der Waals surface area contributed by atoms with Gasteiger partial charge in [0.2, 0.25) is 0 Å². The second kappa shape index (κ2) is 3.87. The van der Waals surface area contributed by atoms with E-state index in [1.54, 1.807) is 6.33 Å². The molecule has 1 aromatic rings. The average molecular weight is 195 g/mol. The van der Waals surface area contributed by atoms with Crippen molar-refractivity contribution in [2.45, 2.75) is 31.7 Å². The van der Waals surface area contributed by atoms with E-state index in [1.165, 1.54) is 25.7 Å². The smallest absolute Gasteiger partial charge is 0.131 e. The summed E-state index contributed by atoms with van der Waals surface area (Å²) in [7, 11) is 0. The molecule has 0 aliphatic heterocycles. The number of nitrogens with one attached hydrogen (secondary N) is 2. The van der Waals surface area contributed by atoms with E-state index in [1.807, 2.05) is 6.07 Å². The highest BCUT2D eigenvalue weighted by atomic mass is 32.1. The van der Waals surface area contributed by atoms with Gasteiger partial charge in [0.05, 0.1) is 6.33 Å². The summed E-state index contributed by atoms with van der Waals surface area (Å²) in [6.45, 7) is 0. The molecule has 1 aliphatic rings. The van der Waals surface area contributed by atoms with E-state index in [2.05, 4.69) is 15.3 Å². The molecule has 70 valence electrons. The molecule has 2 rings (SSSR count). The summed E-state index contributed by atoms with van der Waals surface area (Å²) >= 11 is 4.97. The lowest BCUT2D eigenvalue weighted by atomic mass is 10.2. The lowest BCUT2D eigenvalue weighted by molar-refractivity contribution is 0.749. The molecule has 1 saturated carbocycles. The van der Waals surface area contributed by atoms with Crippen LogP contribution >= 0.6 is 12.2 Å². The Morgan fingerprint density at radius 2 is 2.23 bits per heavy atom. The molecule has 13 heavy (non-hydrogen) atoms. The van der Waals surface area contributed by atoms with Crippen LogP contribution in [0.2, 0.25) is 0 Å². The van der Waals surface area contributed by atoms with Crippen molar-refractivity contribution in [1.82, 2.24) is 9.97 Å². The fraction of sp³-hybridized carbons (Fsp3) is 0.556. The predicted octanol–water partition coefficient (Wildman–Crippen LogP) is 2.49. The van der Waals surface area contributed by atoms with Gasteiger partial charge in [0.15, 0.2) is 0 Å². The molecule has 1 aliphatic carbocycles. The summed E-state index contributed by atoms with van der Waals surface area (Å²) < 4.78 is 0.638. The number of rotatable bonds is 2. The minimum atomic E-state index is 0.619. The first kappa shape index (κ1) is 8.69. The van der Waals surface area contributed by atoms with E-state index in [0.29, 0.717) is 10.7 Å². The normalized spacial score (nSPS) is 17.5. The van der Waals surface area contributed by atoms with E-state index in [-0.39, 0.29) is 0 Å². The monoisotopic (exact) mass is 195 g/mol. The summed E-state index contributed by atoms with van der Waals surface area (Å²) in [5.74, 6) is 0.993. The van der Waals surface area contributed by atoms with Crippen LogP contribution in [-0.2, 0) is 0 Å². The van der Waals surface area contributed by atoms with Gasteiger partial charge in [-0.05, 0) is 12.8 Å². The van der Waals surface area contributed by atoms with E-state index in [0.717, 1.165) is 5.82 Å². The summed E-state index contributed by atoms with van der Waals surface area (Å²) in [5, 5.41) is 3.42. The van der Waals surface area contributed by atoms with Crippen LogP contribution in [0.5, 0.6) is 0 Å². The maximum absolute atomic E-state index is 4.97. The van der Waals surface area contributed by atoms with Crippen LogP contribution in [0.1, 0.15) is 25.7 Å². The first-order valence-corrected chi connectivity index (χ1v) is 5.07. The van der Waals surface area contributed by atoms with Gasteiger partial charge in [0.25, 0.3) is 0 Å². The lowest BCUT2D eigenvalue weighted by Crippen LogP contribution is -2.15. The molecule has 0 saturated heterocycles. The van der Waals surface area contributed by atoms with Crippen LogP contribution < -0.4 is 5.32 Å². The minimum Gasteiger partial charge on any atom is -0.369 e. The van der Waals surface area contributed by atoms with Crippen LogP contribution in [0.25, 0.3) is 0 Å². The zero-order valence-corrected chi connectivity index (χ0v) is 8.23. The Morgan fingerprint density at radius 1 is 1.46 bits per heavy atom. The van der Waals surface area contributed by atoms with Gasteiger partial charge in [-0.3, -0.25) is 0 Å². The Kier molecular flexibility index (Phi) is 2.59. The number of aromatic amines is 1. The van der Waals surface area contributed by atoms with Gasteiger partial charge in [-0.15, -0.1) is 0 Å². The van der Waals surface area contributed by atoms with Crippen molar-refractivity contribution < 1.29 is 0 Å². The molecule has 4 heteroatoms. The quantitative estimate of drug-likeness (QED) is 0.712. The van der Waals surface area contributed by atoms with E-state index in [9.17, 15) is 0 Å². The van der Waals surface area contributed by atoms with Crippen LogP contribution in [0, 0.1) is 4.64 Å². The lowest BCUT2D eigenvalue weighted by Gasteiger charge is -2.12. The Morgan fingerprint density at radius 3 is 2.92 bits per heavy atom. The van der Waals surface area contributed by atoms with Crippen molar-refractivity contribution in [1.29, 1.82) is 0 Å². The molecule has 1 aromatic heterocycles. The van der Waals surface area contributed by atoms with Gasteiger partial charge >= 0.3 is 0 Å². The number of H-pyrrole nitrogens is 1. The first-order chi connectivity index (χ1) is 6.34. The highest BCUT2D eigenvalue weighted by Gasteiger charge is 2.14. The Balaban J connectivity index is 2.04. The van der Waals surface area contributed by atoms with E-state index in [4.69, 9.17) is 12.2 Å². The van der Waals surface area contributed by atoms with Crippen LogP contribution in [-0.4, -0.2) is 16.0 Å². The minimum absolute atomic E-state index is 0.619. The number of hydrogen-bond acceptors (Lipinski definition) is 3. The molecule has 0 spiro atoms. The number of nitrogens with zero attached hydrogens (tertiary/aromatic N) is 1. The third kappa shape index (κ3) is 2.28. The second-order valence-corrected chi connectivity index (χ2v) is 3.84. The molecule has 0 atom stereocenters. The molecular formula is C9H13N3S. The molecule has 0 radical (unpaired) electrons. The van der Waals surface area contributed by atoms with Crippen molar-refractivity contribution in [3.8, 4) is 0 Å². The zero-order valence-electron chi connectivity index (χ0n) is 7.42. The van der Waals surface area contributed by atoms with E-state index < -0.39 is 0 Å². The largest absolute Gasteiger partial charge is 0.369 e. The number of anilines is 1. The third-order valence-electron chi connectivity index (χ3n) is 2.39. The van der Waals surface area contributed by atoms with Gasteiger partial charge in [-0.1, -0.05) is 25.1 Å². The average Bonchev–Trinajstić information content (AvgIpc) is 2.57. The first-order valence-electron chi connectivity index (χ1n) is 4.66. The van der Waals surface area contributed by atoms with Crippen molar-refractivity contribution in [3.05, 3.63) is 17.0 Å². The van der Waals surface area contributed by atoms with Crippen molar-refractivity contribution in [2.75, 3.05) is 5.32 Å². The van der Waals surface area contributed by atoms with Crippen LogP contribution in [0.15, 0.2) is 12.4 Å². The van der Waals surface area contributed by atoms with Crippen LogP contribution in [0.4, 0.5) is 5.82 Å². The Bertz CT molecular complexity index is 328. The molecule has 0 unspecified atom stereocenters. The molecule has 1 fully saturated rings. The molecule has 0 amide bonds. The molecule has 2 N–H and O–H groups in total. The van der Waals surface area contributed by atoms with Gasteiger partial charge < -0.3 is 10.3 Å². The highest BCUT2D eigenvalue weighted by Crippen LogP contribution is 2.20. The summed E-state index contributed by atoms with van der Waals surface area (Å²) in [5.41, 5.74) is 0. The topological polar surface area (TPSA) is 40.7 Å². The van der Waals surface area contributed by atoms with Crippen molar-refractivity contribution in [3.63, 3.8) is 0 Å². The fourth-order valence-corrected chi connectivity index (χ4v) is 1.91. The molecule has 0 aromatic carbocycles. The van der Waals surface area contributed by atoms with Gasteiger partial charge in [0.1, 0.15) is 10.5 Å². The summed E-state index contributed by atoms with van der Waals surface area (Å²) in [6.07, 6.45) is 6.85. The Hall–Kier alpha value is -0.900. The molecular weight excluding hydrogens is 182 g/mol. The standard InChI is InChI=1S/C9H13N3S/c13-9-5-8(10-6-11-9)12-7-3-1-2-4-7/h5-7H,1-4H2,(H2,10,11,12,13). The summed E-state index contributed by atoms with van der Waals surface area (Å²) in [6, 6.07) is 2.49. The highest BCUT2D eigenvalue weighted by molar-refractivity contribution is 7.71. The van der Waals surface area contributed by atoms with Gasteiger partial charge in [0, 0.05) is 12.1 Å². The van der Waals surface area contributed by atoms with Gasteiger partial charge in [-0.25, -0.2) is 4.98 Å².